The van der Waals surface area contributed by atoms with Crippen LogP contribution in [0.4, 0.5) is 5.82 Å². The Morgan fingerprint density at radius 3 is 2.83 bits per heavy atom. The molecule has 0 aliphatic rings. The van der Waals surface area contributed by atoms with Crippen molar-refractivity contribution in [2.24, 2.45) is 5.92 Å². The number of para-hydroxylation sites is 2. The fourth-order valence-electron chi connectivity index (χ4n) is 2.70. The molecule has 0 saturated heterocycles. The van der Waals surface area contributed by atoms with E-state index in [-0.39, 0.29) is 6.04 Å². The maximum absolute atomic E-state index is 4.71. The number of nitrogens with one attached hydrogen (secondary N) is 3. The molecule has 116 valence electrons. The third-order valence-electron chi connectivity index (χ3n) is 3.91. The molecule has 0 saturated carbocycles. The molecule has 3 N–H and O–H groups in total. The van der Waals surface area contributed by atoms with Crippen LogP contribution in [0.25, 0.3) is 22.1 Å². The van der Waals surface area contributed by atoms with Gasteiger partial charge in [0.05, 0.1) is 28.7 Å². The van der Waals surface area contributed by atoms with Crippen molar-refractivity contribution >= 4 is 27.9 Å². The van der Waals surface area contributed by atoms with Gasteiger partial charge in [0.1, 0.15) is 18.0 Å². The Balaban J connectivity index is 1.74. The van der Waals surface area contributed by atoms with E-state index in [9.17, 15) is 0 Å². The topological polar surface area (TPSA) is 95.2 Å². The lowest BCUT2D eigenvalue weighted by molar-refractivity contribution is 0.525. The first kappa shape index (κ1) is 13.7. The van der Waals surface area contributed by atoms with Crippen LogP contribution in [0.3, 0.4) is 0 Å². The molecule has 1 atom stereocenters. The van der Waals surface area contributed by atoms with Gasteiger partial charge in [-0.15, -0.1) is 0 Å². The van der Waals surface area contributed by atoms with Gasteiger partial charge in [0.25, 0.3) is 0 Å². The fraction of sp³-hybridized carbons (Fsp3) is 0.250. The smallest absolute Gasteiger partial charge is 0.160 e. The molecule has 0 amide bonds. The molecule has 4 aromatic rings. The van der Waals surface area contributed by atoms with Crippen LogP contribution in [-0.4, -0.2) is 30.1 Å². The zero-order valence-corrected chi connectivity index (χ0v) is 12.9. The lowest BCUT2D eigenvalue weighted by atomic mass is 10.0. The molecule has 1 aromatic carbocycles. The first-order valence-electron chi connectivity index (χ1n) is 7.57. The van der Waals surface area contributed by atoms with Crippen LogP contribution in [0.5, 0.6) is 0 Å². The van der Waals surface area contributed by atoms with Crippen LogP contribution in [0.2, 0.25) is 0 Å². The Hall–Kier alpha value is -2.96. The van der Waals surface area contributed by atoms with Crippen molar-refractivity contribution in [1.82, 2.24) is 30.1 Å². The summed E-state index contributed by atoms with van der Waals surface area (Å²) < 4.78 is 0. The summed E-state index contributed by atoms with van der Waals surface area (Å²) in [6, 6.07) is 8.04. The van der Waals surface area contributed by atoms with E-state index in [4.69, 9.17) is 4.98 Å². The number of rotatable bonds is 4. The molecule has 0 bridgehead atoms. The molecule has 4 rings (SSSR count). The molecule has 0 radical (unpaired) electrons. The minimum atomic E-state index is 0.00963. The summed E-state index contributed by atoms with van der Waals surface area (Å²) >= 11 is 0. The number of aromatic nitrogens is 6. The summed E-state index contributed by atoms with van der Waals surface area (Å²) in [7, 11) is 0. The van der Waals surface area contributed by atoms with Gasteiger partial charge in [0.15, 0.2) is 5.65 Å². The molecule has 0 aliphatic heterocycles. The average molecular weight is 307 g/mol. The summed E-state index contributed by atoms with van der Waals surface area (Å²) in [6.07, 6.45) is 3.26. The first-order chi connectivity index (χ1) is 11.2. The van der Waals surface area contributed by atoms with Crippen LogP contribution < -0.4 is 5.32 Å². The van der Waals surface area contributed by atoms with Crippen molar-refractivity contribution in [1.29, 1.82) is 0 Å². The lowest BCUT2D eigenvalue weighted by Crippen LogP contribution is -2.19. The van der Waals surface area contributed by atoms with Gasteiger partial charge < -0.3 is 10.3 Å². The third kappa shape index (κ3) is 2.40. The van der Waals surface area contributed by atoms with Gasteiger partial charge in [0, 0.05) is 0 Å². The van der Waals surface area contributed by atoms with E-state index in [1.807, 2.05) is 24.3 Å². The van der Waals surface area contributed by atoms with Gasteiger partial charge >= 0.3 is 0 Å². The van der Waals surface area contributed by atoms with E-state index in [1.165, 1.54) is 6.33 Å². The molecular formula is C16H17N7. The molecule has 0 fully saturated rings. The normalized spacial score (nSPS) is 13.0. The Kier molecular flexibility index (Phi) is 3.18. The predicted octanol–water partition coefficient (Wildman–Crippen LogP) is 3.04. The van der Waals surface area contributed by atoms with Gasteiger partial charge in [0.2, 0.25) is 0 Å². The molecule has 23 heavy (non-hydrogen) atoms. The van der Waals surface area contributed by atoms with Gasteiger partial charge in [-0.1, -0.05) is 26.0 Å². The highest BCUT2D eigenvalue weighted by molar-refractivity contribution is 5.85. The Bertz CT molecular complexity index is 920. The van der Waals surface area contributed by atoms with E-state index in [0.717, 1.165) is 33.7 Å². The van der Waals surface area contributed by atoms with Crippen LogP contribution in [0.1, 0.15) is 25.7 Å². The monoisotopic (exact) mass is 307 g/mol. The predicted molar refractivity (Wildman–Crippen MR) is 89.0 cm³/mol. The lowest BCUT2D eigenvalue weighted by Gasteiger charge is -2.21. The highest BCUT2D eigenvalue weighted by Crippen LogP contribution is 2.28. The van der Waals surface area contributed by atoms with Crippen molar-refractivity contribution in [3.63, 3.8) is 0 Å². The summed E-state index contributed by atoms with van der Waals surface area (Å²) in [6.45, 7) is 4.30. The van der Waals surface area contributed by atoms with Crippen LogP contribution in [0, 0.1) is 5.92 Å². The van der Waals surface area contributed by atoms with Gasteiger partial charge in [-0.25, -0.2) is 15.0 Å². The number of hydrogen-bond donors (Lipinski definition) is 3. The number of anilines is 1. The quantitative estimate of drug-likeness (QED) is 0.538. The van der Waals surface area contributed by atoms with Crippen LogP contribution >= 0.6 is 0 Å². The Morgan fingerprint density at radius 2 is 2.00 bits per heavy atom. The van der Waals surface area contributed by atoms with E-state index in [0.29, 0.717) is 5.92 Å². The second-order valence-electron chi connectivity index (χ2n) is 5.86. The largest absolute Gasteiger partial charge is 0.359 e. The minimum absolute atomic E-state index is 0.00963. The second kappa shape index (κ2) is 5.35. The fourth-order valence-corrected chi connectivity index (χ4v) is 2.70. The number of nitrogens with zero attached hydrogens (tertiary/aromatic N) is 4. The maximum atomic E-state index is 4.71. The molecule has 7 nitrogen and oxygen atoms in total. The number of aromatic amines is 2. The number of hydrogen-bond acceptors (Lipinski definition) is 5. The summed E-state index contributed by atoms with van der Waals surface area (Å²) in [5.41, 5.74) is 2.71. The van der Waals surface area contributed by atoms with Gasteiger partial charge in [-0.3, -0.25) is 5.10 Å². The third-order valence-corrected chi connectivity index (χ3v) is 3.91. The molecule has 0 unspecified atom stereocenters. The van der Waals surface area contributed by atoms with Crippen LogP contribution in [0.15, 0.2) is 36.8 Å². The molecule has 7 heteroatoms. The number of benzene rings is 1. The Morgan fingerprint density at radius 1 is 1.13 bits per heavy atom. The SMILES string of the molecule is CC(C)[C@@H](Nc1ncnc2[nH]ncc12)c1nc2ccccc2[nH]1. The summed E-state index contributed by atoms with van der Waals surface area (Å²) in [4.78, 5) is 16.6. The van der Waals surface area contributed by atoms with E-state index >= 15 is 0 Å². The molecule has 0 aliphatic carbocycles. The number of imidazole rings is 1. The molecular weight excluding hydrogens is 290 g/mol. The second-order valence-corrected chi connectivity index (χ2v) is 5.86. The number of H-pyrrole nitrogens is 2. The zero-order valence-electron chi connectivity index (χ0n) is 12.9. The van der Waals surface area contributed by atoms with E-state index in [1.54, 1.807) is 6.20 Å². The van der Waals surface area contributed by atoms with Crippen molar-refractivity contribution in [3.8, 4) is 0 Å². The molecule has 3 heterocycles. The first-order valence-corrected chi connectivity index (χ1v) is 7.57. The summed E-state index contributed by atoms with van der Waals surface area (Å²) in [5, 5.41) is 11.2. The van der Waals surface area contributed by atoms with E-state index in [2.05, 4.69) is 44.3 Å². The van der Waals surface area contributed by atoms with E-state index < -0.39 is 0 Å². The Labute approximate surface area is 132 Å². The van der Waals surface area contributed by atoms with Crippen LogP contribution in [-0.2, 0) is 0 Å². The highest BCUT2D eigenvalue weighted by Gasteiger charge is 2.21. The highest BCUT2D eigenvalue weighted by atomic mass is 15.2. The summed E-state index contributed by atoms with van der Waals surface area (Å²) in [5.74, 6) is 1.98. The van der Waals surface area contributed by atoms with Crippen molar-refractivity contribution in [2.75, 3.05) is 5.32 Å². The van der Waals surface area contributed by atoms with Crippen molar-refractivity contribution < 1.29 is 0 Å². The molecule has 3 aromatic heterocycles. The minimum Gasteiger partial charge on any atom is -0.359 e. The average Bonchev–Trinajstić information content (AvgIpc) is 3.18. The van der Waals surface area contributed by atoms with Crippen molar-refractivity contribution in [2.45, 2.75) is 19.9 Å². The maximum Gasteiger partial charge on any atom is 0.160 e. The molecule has 0 spiro atoms. The zero-order chi connectivity index (χ0) is 15.8. The van der Waals surface area contributed by atoms with Gasteiger partial charge in [-0.2, -0.15) is 5.10 Å². The van der Waals surface area contributed by atoms with Crippen molar-refractivity contribution in [3.05, 3.63) is 42.6 Å². The standard InChI is InChI=1S/C16H17N7/c1-9(2)13(16-20-11-5-3-4-6-12(11)21-16)22-14-10-7-19-23-15(10)18-8-17-14/h3-9,13H,1-2H3,(H,20,21)(H2,17,18,19,22,23)/t13-/m1/s1. The van der Waals surface area contributed by atoms with Gasteiger partial charge in [-0.05, 0) is 18.1 Å². The number of fused-ring (bicyclic) bond motifs is 2.